The van der Waals surface area contributed by atoms with Crippen molar-refractivity contribution in [3.05, 3.63) is 47.2 Å². The van der Waals surface area contributed by atoms with Gasteiger partial charge in [0.1, 0.15) is 11.5 Å². The second kappa shape index (κ2) is 8.67. The Bertz CT molecular complexity index is 816. The molecule has 1 aromatic heterocycles. The maximum Gasteiger partial charge on any atom is 0.213 e. The summed E-state index contributed by atoms with van der Waals surface area (Å²) in [4.78, 5) is 8.64. The fourth-order valence-corrected chi connectivity index (χ4v) is 2.73. The molecule has 0 radical (unpaired) electrons. The molecule has 1 fully saturated rings. The predicted octanol–water partition coefficient (Wildman–Crippen LogP) is 3.93. The number of aromatic nitrogens is 1. The summed E-state index contributed by atoms with van der Waals surface area (Å²) in [6.45, 7) is 10.3. The molecule has 2 N–H and O–H groups in total. The SMILES string of the molecule is CN=C(NCc1ncc(C(C)(C)C)o1)NCc1ccc(C)cc1OCC1CC1. The van der Waals surface area contributed by atoms with Crippen LogP contribution in [0.15, 0.2) is 33.8 Å². The van der Waals surface area contributed by atoms with E-state index in [2.05, 4.69) is 66.5 Å². The van der Waals surface area contributed by atoms with Crippen molar-refractivity contribution in [2.75, 3.05) is 13.7 Å². The van der Waals surface area contributed by atoms with Crippen LogP contribution in [0.4, 0.5) is 0 Å². The Labute approximate surface area is 167 Å². The highest BCUT2D eigenvalue weighted by atomic mass is 16.5. The van der Waals surface area contributed by atoms with Gasteiger partial charge in [-0.05, 0) is 37.3 Å². The quantitative estimate of drug-likeness (QED) is 0.559. The van der Waals surface area contributed by atoms with Gasteiger partial charge in [0, 0.05) is 24.6 Å². The van der Waals surface area contributed by atoms with Gasteiger partial charge in [-0.15, -0.1) is 0 Å². The Morgan fingerprint density at radius 1 is 1.25 bits per heavy atom. The van der Waals surface area contributed by atoms with Gasteiger partial charge >= 0.3 is 0 Å². The van der Waals surface area contributed by atoms with Crippen molar-refractivity contribution in [1.82, 2.24) is 15.6 Å². The first-order chi connectivity index (χ1) is 13.3. The Balaban J connectivity index is 1.54. The van der Waals surface area contributed by atoms with Crippen molar-refractivity contribution >= 4 is 5.96 Å². The third kappa shape index (κ3) is 5.75. The zero-order valence-electron chi connectivity index (χ0n) is 17.6. The summed E-state index contributed by atoms with van der Waals surface area (Å²) in [5, 5.41) is 6.60. The molecule has 6 heteroatoms. The molecular weight excluding hydrogens is 352 g/mol. The largest absolute Gasteiger partial charge is 0.493 e. The van der Waals surface area contributed by atoms with E-state index in [1.165, 1.54) is 18.4 Å². The van der Waals surface area contributed by atoms with E-state index in [0.717, 1.165) is 29.6 Å². The summed E-state index contributed by atoms with van der Waals surface area (Å²) >= 11 is 0. The Morgan fingerprint density at radius 2 is 2.00 bits per heavy atom. The number of hydrogen-bond acceptors (Lipinski definition) is 4. The lowest BCUT2D eigenvalue weighted by Crippen LogP contribution is -2.36. The summed E-state index contributed by atoms with van der Waals surface area (Å²) in [5.41, 5.74) is 2.28. The number of rotatable bonds is 7. The lowest BCUT2D eigenvalue weighted by Gasteiger charge is -2.15. The van der Waals surface area contributed by atoms with Crippen LogP contribution < -0.4 is 15.4 Å². The number of hydrogen-bond donors (Lipinski definition) is 2. The van der Waals surface area contributed by atoms with Gasteiger partial charge < -0.3 is 19.8 Å². The topological polar surface area (TPSA) is 71.7 Å². The van der Waals surface area contributed by atoms with Gasteiger partial charge in [-0.3, -0.25) is 4.99 Å². The molecular formula is C22H32N4O2. The summed E-state index contributed by atoms with van der Waals surface area (Å²) < 4.78 is 11.9. The molecule has 1 aliphatic carbocycles. The summed E-state index contributed by atoms with van der Waals surface area (Å²) in [6, 6.07) is 6.33. The van der Waals surface area contributed by atoms with Crippen molar-refractivity contribution in [2.24, 2.45) is 10.9 Å². The number of guanidine groups is 1. The smallest absolute Gasteiger partial charge is 0.213 e. The van der Waals surface area contributed by atoms with E-state index in [-0.39, 0.29) is 5.41 Å². The number of aryl methyl sites for hydroxylation is 1. The summed E-state index contributed by atoms with van der Waals surface area (Å²) in [7, 11) is 1.76. The number of aliphatic imine (C=N–C) groups is 1. The molecule has 0 unspecified atom stereocenters. The van der Waals surface area contributed by atoms with Gasteiger partial charge in [0.2, 0.25) is 5.89 Å². The van der Waals surface area contributed by atoms with Crippen LogP contribution in [0.5, 0.6) is 5.75 Å². The maximum absolute atomic E-state index is 6.05. The van der Waals surface area contributed by atoms with Crippen molar-refractivity contribution < 1.29 is 9.15 Å². The molecule has 152 valence electrons. The highest BCUT2D eigenvalue weighted by molar-refractivity contribution is 5.79. The second-order valence-corrected chi connectivity index (χ2v) is 8.51. The van der Waals surface area contributed by atoms with E-state index in [0.29, 0.717) is 24.9 Å². The predicted molar refractivity (Wildman–Crippen MR) is 112 cm³/mol. The van der Waals surface area contributed by atoms with Gasteiger partial charge in [0.05, 0.1) is 19.3 Å². The van der Waals surface area contributed by atoms with Crippen molar-refractivity contribution in [3.8, 4) is 5.75 Å². The van der Waals surface area contributed by atoms with E-state index in [1.54, 1.807) is 13.2 Å². The molecule has 2 aromatic rings. The van der Waals surface area contributed by atoms with Gasteiger partial charge in [0.25, 0.3) is 0 Å². The molecule has 0 bridgehead atoms. The van der Waals surface area contributed by atoms with E-state index in [1.807, 2.05) is 0 Å². The molecule has 1 heterocycles. The molecule has 28 heavy (non-hydrogen) atoms. The average Bonchev–Trinajstić information content (AvgIpc) is 3.35. The molecule has 0 spiro atoms. The van der Waals surface area contributed by atoms with Gasteiger partial charge in [-0.2, -0.15) is 0 Å². The average molecular weight is 385 g/mol. The number of nitrogens with zero attached hydrogens (tertiary/aromatic N) is 2. The Hall–Kier alpha value is -2.50. The van der Waals surface area contributed by atoms with Gasteiger partial charge in [-0.25, -0.2) is 4.98 Å². The van der Waals surface area contributed by atoms with Crippen LogP contribution in [0, 0.1) is 12.8 Å². The molecule has 1 aliphatic rings. The number of nitrogens with one attached hydrogen (secondary N) is 2. The first kappa shape index (κ1) is 20.2. The van der Waals surface area contributed by atoms with E-state index in [4.69, 9.17) is 9.15 Å². The first-order valence-corrected chi connectivity index (χ1v) is 9.97. The standard InChI is InChI=1S/C22H32N4O2/c1-15-6-9-17(18(10-15)27-14-16-7-8-16)11-25-21(23-5)26-13-20-24-12-19(28-20)22(2,3)4/h6,9-10,12,16H,7-8,11,13-14H2,1-5H3,(H2,23,25,26). The molecule has 6 nitrogen and oxygen atoms in total. The third-order valence-corrected chi connectivity index (χ3v) is 4.76. The second-order valence-electron chi connectivity index (χ2n) is 8.51. The van der Waals surface area contributed by atoms with Crippen molar-refractivity contribution in [3.63, 3.8) is 0 Å². The van der Waals surface area contributed by atoms with Gasteiger partial charge in [-0.1, -0.05) is 32.9 Å². The molecule has 1 saturated carbocycles. The highest BCUT2D eigenvalue weighted by Crippen LogP contribution is 2.30. The number of benzene rings is 1. The monoisotopic (exact) mass is 384 g/mol. The molecule has 3 rings (SSSR count). The van der Waals surface area contributed by atoms with E-state index in [9.17, 15) is 0 Å². The highest BCUT2D eigenvalue weighted by Gasteiger charge is 2.22. The first-order valence-electron chi connectivity index (χ1n) is 9.97. The molecule has 0 saturated heterocycles. The normalized spacial score (nSPS) is 14.8. The van der Waals surface area contributed by atoms with E-state index >= 15 is 0 Å². The minimum Gasteiger partial charge on any atom is -0.493 e. The van der Waals surface area contributed by atoms with Crippen molar-refractivity contribution in [1.29, 1.82) is 0 Å². The third-order valence-electron chi connectivity index (χ3n) is 4.76. The number of ether oxygens (including phenoxy) is 1. The van der Waals surface area contributed by atoms with E-state index < -0.39 is 0 Å². The summed E-state index contributed by atoms with van der Waals surface area (Å²) in [5.74, 6) is 3.91. The van der Waals surface area contributed by atoms with Crippen LogP contribution >= 0.6 is 0 Å². The number of oxazole rings is 1. The van der Waals surface area contributed by atoms with Crippen LogP contribution in [-0.4, -0.2) is 24.6 Å². The Kier molecular flexibility index (Phi) is 6.27. The van der Waals surface area contributed by atoms with Crippen molar-refractivity contribution in [2.45, 2.75) is 59.0 Å². The molecule has 0 amide bonds. The zero-order chi connectivity index (χ0) is 20.1. The molecule has 0 aliphatic heterocycles. The lowest BCUT2D eigenvalue weighted by atomic mass is 9.94. The zero-order valence-corrected chi connectivity index (χ0v) is 17.6. The summed E-state index contributed by atoms with van der Waals surface area (Å²) in [6.07, 6.45) is 4.37. The minimum atomic E-state index is -0.0481. The van der Waals surface area contributed by atoms with Crippen LogP contribution in [0.1, 0.15) is 56.4 Å². The van der Waals surface area contributed by atoms with Gasteiger partial charge in [0.15, 0.2) is 5.96 Å². The minimum absolute atomic E-state index is 0.0481. The van der Waals surface area contributed by atoms with Crippen LogP contribution in [0.3, 0.4) is 0 Å². The molecule has 0 atom stereocenters. The molecule has 1 aromatic carbocycles. The van der Waals surface area contributed by atoms with Crippen LogP contribution in [0.2, 0.25) is 0 Å². The maximum atomic E-state index is 6.05. The fraction of sp³-hybridized carbons (Fsp3) is 0.545. The van der Waals surface area contributed by atoms with Crippen LogP contribution in [0.25, 0.3) is 0 Å². The fourth-order valence-electron chi connectivity index (χ4n) is 2.73. The van der Waals surface area contributed by atoms with Crippen LogP contribution in [-0.2, 0) is 18.5 Å². The lowest BCUT2D eigenvalue weighted by molar-refractivity contribution is 0.296. The Morgan fingerprint density at radius 3 is 2.64 bits per heavy atom.